The highest BCUT2D eigenvalue weighted by Gasteiger charge is 2.17. The zero-order valence-electron chi connectivity index (χ0n) is 13.4. The van der Waals surface area contributed by atoms with Crippen molar-refractivity contribution in [2.24, 2.45) is 0 Å². The number of amides is 2. The molecule has 1 aliphatic carbocycles. The number of benzene rings is 1. The summed E-state index contributed by atoms with van der Waals surface area (Å²) in [6.07, 6.45) is 3.24. The Bertz CT molecular complexity index is 737. The van der Waals surface area contributed by atoms with Crippen LogP contribution in [0, 0.1) is 6.92 Å². The van der Waals surface area contributed by atoms with Crippen molar-refractivity contribution in [3.63, 3.8) is 0 Å². The third-order valence-electron chi connectivity index (χ3n) is 3.61. The first kappa shape index (κ1) is 17.0. The molecule has 3 rings (SSSR count). The number of carbonyl (C=O) groups excluding carboxylic acids is 2. The summed E-state index contributed by atoms with van der Waals surface area (Å²) in [5.74, 6) is 0.267. The van der Waals surface area contributed by atoms with E-state index in [1.807, 2.05) is 31.2 Å². The lowest BCUT2D eigenvalue weighted by molar-refractivity contribution is -0.114. The molecule has 2 N–H and O–H groups in total. The molecule has 24 heavy (non-hydrogen) atoms. The molecule has 0 radical (unpaired) electrons. The Hall–Kier alpha value is -1.86. The van der Waals surface area contributed by atoms with Crippen molar-refractivity contribution < 1.29 is 9.59 Å². The van der Waals surface area contributed by atoms with Crippen LogP contribution in [-0.2, 0) is 22.4 Å². The highest BCUT2D eigenvalue weighted by Crippen LogP contribution is 2.30. The van der Waals surface area contributed by atoms with Crippen molar-refractivity contribution in [1.82, 2.24) is 4.98 Å². The number of carbonyl (C=O) groups is 2. The van der Waals surface area contributed by atoms with Gasteiger partial charge in [0.25, 0.3) is 0 Å². The van der Waals surface area contributed by atoms with Crippen LogP contribution in [0.25, 0.3) is 0 Å². The summed E-state index contributed by atoms with van der Waals surface area (Å²) in [6, 6.07) is 7.64. The van der Waals surface area contributed by atoms with Crippen LogP contribution in [0.1, 0.15) is 22.6 Å². The van der Waals surface area contributed by atoms with E-state index in [0.29, 0.717) is 5.13 Å². The molecule has 1 aromatic heterocycles. The molecule has 1 aromatic carbocycles. The van der Waals surface area contributed by atoms with E-state index in [4.69, 9.17) is 0 Å². The van der Waals surface area contributed by atoms with E-state index in [0.717, 1.165) is 36.2 Å². The lowest BCUT2D eigenvalue weighted by Crippen LogP contribution is -2.18. The molecule has 1 heterocycles. The Labute approximate surface area is 149 Å². The highest BCUT2D eigenvalue weighted by atomic mass is 32.2. The van der Waals surface area contributed by atoms with Crippen LogP contribution in [0.5, 0.6) is 0 Å². The fourth-order valence-electron chi connectivity index (χ4n) is 2.56. The van der Waals surface area contributed by atoms with E-state index < -0.39 is 0 Å². The van der Waals surface area contributed by atoms with Gasteiger partial charge in [-0.25, -0.2) is 4.98 Å². The maximum absolute atomic E-state index is 11.9. The van der Waals surface area contributed by atoms with Gasteiger partial charge in [-0.1, -0.05) is 12.1 Å². The van der Waals surface area contributed by atoms with Crippen molar-refractivity contribution in [2.45, 2.75) is 26.2 Å². The normalized spacial score (nSPS) is 12.7. The lowest BCUT2D eigenvalue weighted by atomic mass is 10.2. The molecule has 0 bridgehead atoms. The number of aryl methyl sites for hydroxylation is 3. The Morgan fingerprint density at radius 2 is 2.00 bits per heavy atom. The average molecular weight is 361 g/mol. The molecule has 126 valence electrons. The summed E-state index contributed by atoms with van der Waals surface area (Å²) in [7, 11) is 0. The van der Waals surface area contributed by atoms with Crippen LogP contribution in [0.15, 0.2) is 24.3 Å². The standard InChI is InChI=1S/C17H19N3O2S2/c1-11-4-2-5-12(8-11)18-15(21)9-23-10-16(22)20-17-19-13-6-3-7-14(13)24-17/h2,4-5,8H,3,6-7,9-10H2,1H3,(H,18,21)(H,19,20,22). The number of aromatic nitrogens is 1. The predicted octanol–water partition coefficient (Wildman–Crippen LogP) is 3.25. The lowest BCUT2D eigenvalue weighted by Gasteiger charge is -2.06. The minimum atomic E-state index is -0.115. The molecule has 2 amide bonds. The van der Waals surface area contributed by atoms with Crippen molar-refractivity contribution in [1.29, 1.82) is 0 Å². The van der Waals surface area contributed by atoms with E-state index in [2.05, 4.69) is 15.6 Å². The zero-order valence-corrected chi connectivity index (χ0v) is 15.1. The molecule has 0 atom stereocenters. The molecule has 5 nitrogen and oxygen atoms in total. The molecule has 0 unspecified atom stereocenters. The number of hydrogen-bond donors (Lipinski definition) is 2. The first-order valence-electron chi connectivity index (χ1n) is 7.83. The second-order valence-corrected chi connectivity index (χ2v) is 7.77. The Morgan fingerprint density at radius 1 is 1.21 bits per heavy atom. The first-order valence-corrected chi connectivity index (χ1v) is 9.80. The summed E-state index contributed by atoms with van der Waals surface area (Å²) >= 11 is 2.86. The van der Waals surface area contributed by atoms with Crippen LogP contribution in [-0.4, -0.2) is 28.3 Å². The number of rotatable bonds is 6. The van der Waals surface area contributed by atoms with E-state index in [1.54, 1.807) is 11.3 Å². The van der Waals surface area contributed by atoms with E-state index in [-0.39, 0.29) is 23.3 Å². The summed E-state index contributed by atoms with van der Waals surface area (Å²) < 4.78 is 0. The molecular formula is C17H19N3O2S2. The quantitative estimate of drug-likeness (QED) is 0.828. The molecule has 0 spiro atoms. The number of thioether (sulfide) groups is 1. The summed E-state index contributed by atoms with van der Waals surface area (Å²) in [6.45, 7) is 1.98. The van der Waals surface area contributed by atoms with Gasteiger partial charge in [0.15, 0.2) is 5.13 Å². The number of thiazole rings is 1. The SMILES string of the molecule is Cc1cccc(NC(=O)CSCC(=O)Nc2nc3c(s2)CCC3)c1. The minimum absolute atomic E-state index is 0.105. The van der Waals surface area contributed by atoms with Crippen LogP contribution in [0.4, 0.5) is 10.8 Å². The van der Waals surface area contributed by atoms with Crippen LogP contribution < -0.4 is 10.6 Å². The van der Waals surface area contributed by atoms with Crippen LogP contribution >= 0.6 is 23.1 Å². The van der Waals surface area contributed by atoms with E-state index in [1.165, 1.54) is 16.6 Å². The predicted molar refractivity (Wildman–Crippen MR) is 99.9 cm³/mol. The third-order valence-corrected chi connectivity index (χ3v) is 5.62. The highest BCUT2D eigenvalue weighted by molar-refractivity contribution is 8.00. The summed E-state index contributed by atoms with van der Waals surface area (Å²) in [5.41, 5.74) is 3.00. The first-order chi connectivity index (χ1) is 11.6. The van der Waals surface area contributed by atoms with E-state index in [9.17, 15) is 9.59 Å². The van der Waals surface area contributed by atoms with Crippen molar-refractivity contribution in [3.05, 3.63) is 40.4 Å². The van der Waals surface area contributed by atoms with E-state index >= 15 is 0 Å². The van der Waals surface area contributed by atoms with Gasteiger partial charge < -0.3 is 10.6 Å². The molecule has 7 heteroatoms. The Morgan fingerprint density at radius 3 is 2.75 bits per heavy atom. The molecule has 0 saturated heterocycles. The minimum Gasteiger partial charge on any atom is -0.325 e. The van der Waals surface area contributed by atoms with Gasteiger partial charge in [-0.2, -0.15) is 0 Å². The van der Waals surface area contributed by atoms with Crippen molar-refractivity contribution >= 4 is 45.7 Å². The van der Waals surface area contributed by atoms with Gasteiger partial charge in [0.2, 0.25) is 11.8 Å². The number of anilines is 2. The maximum Gasteiger partial charge on any atom is 0.236 e. The second kappa shape index (κ2) is 7.81. The fourth-order valence-corrected chi connectivity index (χ4v) is 4.24. The Kier molecular flexibility index (Phi) is 5.52. The number of fused-ring (bicyclic) bond motifs is 1. The summed E-state index contributed by atoms with van der Waals surface area (Å²) in [4.78, 5) is 29.5. The fraction of sp³-hybridized carbons (Fsp3) is 0.353. The van der Waals surface area contributed by atoms with Crippen molar-refractivity contribution in [2.75, 3.05) is 22.1 Å². The summed E-state index contributed by atoms with van der Waals surface area (Å²) in [5, 5.41) is 6.32. The molecule has 1 aliphatic rings. The van der Waals surface area contributed by atoms with Gasteiger partial charge in [-0.15, -0.1) is 23.1 Å². The largest absolute Gasteiger partial charge is 0.325 e. The average Bonchev–Trinajstić information content (AvgIpc) is 3.08. The monoisotopic (exact) mass is 361 g/mol. The van der Waals surface area contributed by atoms with Crippen LogP contribution in [0.3, 0.4) is 0 Å². The molecular weight excluding hydrogens is 342 g/mol. The third kappa shape index (κ3) is 4.58. The molecule has 2 aromatic rings. The van der Waals surface area contributed by atoms with Gasteiger partial charge in [0, 0.05) is 10.6 Å². The number of nitrogens with zero attached hydrogens (tertiary/aromatic N) is 1. The van der Waals surface area contributed by atoms with Gasteiger partial charge in [0.05, 0.1) is 17.2 Å². The van der Waals surface area contributed by atoms with Gasteiger partial charge >= 0.3 is 0 Å². The van der Waals surface area contributed by atoms with Crippen molar-refractivity contribution in [3.8, 4) is 0 Å². The smallest absolute Gasteiger partial charge is 0.236 e. The number of nitrogens with one attached hydrogen (secondary N) is 2. The molecule has 0 saturated carbocycles. The van der Waals surface area contributed by atoms with Crippen LogP contribution in [0.2, 0.25) is 0 Å². The number of hydrogen-bond acceptors (Lipinski definition) is 5. The maximum atomic E-state index is 11.9. The van der Waals surface area contributed by atoms with Gasteiger partial charge in [0.1, 0.15) is 0 Å². The van der Waals surface area contributed by atoms with Gasteiger partial charge in [-0.05, 0) is 43.9 Å². The molecule has 0 fully saturated rings. The topological polar surface area (TPSA) is 71.1 Å². The zero-order chi connectivity index (χ0) is 16.9. The molecule has 0 aliphatic heterocycles. The Balaban J connectivity index is 1.39. The van der Waals surface area contributed by atoms with Gasteiger partial charge in [-0.3, -0.25) is 9.59 Å². The second-order valence-electron chi connectivity index (χ2n) is 5.70.